The molecule has 0 bridgehead atoms. The number of hydrogen-bond acceptors (Lipinski definition) is 2. The highest BCUT2D eigenvalue weighted by Crippen LogP contribution is 2.16. The highest BCUT2D eigenvalue weighted by Gasteiger charge is 2.07. The summed E-state index contributed by atoms with van der Waals surface area (Å²) in [5.41, 5.74) is 1.45. The molecule has 21 heavy (non-hydrogen) atoms. The standard InChI is InChI=1S/C15H13F3N2O/c1-9-6-10(16)2-5-14(9)19-8-15(21)20-11-3-4-12(17)13(18)7-11/h2-7,19H,8H2,1H3,(H,20,21). The van der Waals surface area contributed by atoms with Gasteiger partial charge in [0.1, 0.15) is 5.82 Å². The Hall–Kier alpha value is -2.50. The minimum Gasteiger partial charge on any atom is -0.376 e. The van der Waals surface area contributed by atoms with Crippen molar-refractivity contribution in [1.29, 1.82) is 0 Å². The van der Waals surface area contributed by atoms with E-state index in [4.69, 9.17) is 0 Å². The molecule has 0 radical (unpaired) electrons. The smallest absolute Gasteiger partial charge is 0.243 e. The van der Waals surface area contributed by atoms with E-state index in [2.05, 4.69) is 10.6 Å². The zero-order chi connectivity index (χ0) is 15.4. The number of carbonyl (C=O) groups is 1. The predicted molar refractivity (Wildman–Crippen MR) is 74.6 cm³/mol. The highest BCUT2D eigenvalue weighted by atomic mass is 19.2. The number of aryl methyl sites for hydroxylation is 1. The largest absolute Gasteiger partial charge is 0.376 e. The van der Waals surface area contributed by atoms with Crippen LogP contribution >= 0.6 is 0 Å². The summed E-state index contributed by atoms with van der Waals surface area (Å²) in [4.78, 5) is 11.7. The van der Waals surface area contributed by atoms with Crippen molar-refractivity contribution in [3.05, 3.63) is 59.4 Å². The van der Waals surface area contributed by atoms with E-state index in [0.717, 1.165) is 12.1 Å². The summed E-state index contributed by atoms with van der Waals surface area (Å²) < 4.78 is 38.7. The first-order valence-electron chi connectivity index (χ1n) is 6.20. The maximum absolute atomic E-state index is 13.0. The van der Waals surface area contributed by atoms with Gasteiger partial charge in [-0.3, -0.25) is 4.79 Å². The molecule has 0 atom stereocenters. The quantitative estimate of drug-likeness (QED) is 0.906. The Bertz CT molecular complexity index is 674. The molecule has 2 aromatic carbocycles. The fourth-order valence-corrected chi connectivity index (χ4v) is 1.78. The molecular formula is C15H13F3N2O. The number of halogens is 3. The lowest BCUT2D eigenvalue weighted by Gasteiger charge is -2.10. The monoisotopic (exact) mass is 294 g/mol. The first kappa shape index (κ1) is 14.9. The Labute approximate surface area is 119 Å². The number of nitrogens with one attached hydrogen (secondary N) is 2. The Kier molecular flexibility index (Phi) is 4.47. The van der Waals surface area contributed by atoms with Crippen LogP contribution in [-0.2, 0) is 4.79 Å². The van der Waals surface area contributed by atoms with Gasteiger partial charge in [0.15, 0.2) is 11.6 Å². The number of benzene rings is 2. The number of rotatable bonds is 4. The van der Waals surface area contributed by atoms with Crippen LogP contribution in [-0.4, -0.2) is 12.5 Å². The zero-order valence-electron chi connectivity index (χ0n) is 11.2. The molecule has 2 aromatic rings. The molecule has 0 aliphatic rings. The molecule has 3 nitrogen and oxygen atoms in total. The third-order valence-corrected chi connectivity index (χ3v) is 2.83. The van der Waals surface area contributed by atoms with Gasteiger partial charge in [-0.2, -0.15) is 0 Å². The van der Waals surface area contributed by atoms with Gasteiger partial charge in [-0.15, -0.1) is 0 Å². The molecular weight excluding hydrogens is 281 g/mol. The molecule has 2 N–H and O–H groups in total. The molecule has 0 aliphatic carbocycles. The van der Waals surface area contributed by atoms with Crippen LogP contribution in [0.15, 0.2) is 36.4 Å². The number of hydrogen-bond donors (Lipinski definition) is 2. The van der Waals surface area contributed by atoms with E-state index in [1.807, 2.05) is 0 Å². The van der Waals surface area contributed by atoms with E-state index >= 15 is 0 Å². The van der Waals surface area contributed by atoms with Gasteiger partial charge < -0.3 is 10.6 Å². The summed E-state index contributed by atoms with van der Waals surface area (Å²) in [6.45, 7) is 1.63. The van der Waals surface area contributed by atoms with Crippen LogP contribution in [0.1, 0.15) is 5.56 Å². The molecule has 110 valence electrons. The van der Waals surface area contributed by atoms with Crippen LogP contribution in [0.25, 0.3) is 0 Å². The Balaban J connectivity index is 1.94. The van der Waals surface area contributed by atoms with Crippen molar-refractivity contribution in [1.82, 2.24) is 0 Å². The third-order valence-electron chi connectivity index (χ3n) is 2.83. The van der Waals surface area contributed by atoms with Gasteiger partial charge in [0.25, 0.3) is 0 Å². The lowest BCUT2D eigenvalue weighted by atomic mass is 10.2. The van der Waals surface area contributed by atoms with Crippen molar-refractivity contribution >= 4 is 17.3 Å². The highest BCUT2D eigenvalue weighted by molar-refractivity contribution is 5.93. The van der Waals surface area contributed by atoms with E-state index in [9.17, 15) is 18.0 Å². The molecule has 0 spiro atoms. The van der Waals surface area contributed by atoms with E-state index in [1.165, 1.54) is 24.3 Å². The molecule has 0 aromatic heterocycles. The van der Waals surface area contributed by atoms with Crippen molar-refractivity contribution in [3.63, 3.8) is 0 Å². The summed E-state index contributed by atoms with van der Waals surface area (Å²) in [7, 11) is 0. The average Bonchev–Trinajstić information content (AvgIpc) is 2.42. The van der Waals surface area contributed by atoms with Crippen LogP contribution in [0.4, 0.5) is 24.5 Å². The average molecular weight is 294 g/mol. The Morgan fingerprint density at radius 1 is 1.05 bits per heavy atom. The first-order chi connectivity index (χ1) is 9.95. The van der Waals surface area contributed by atoms with Gasteiger partial charge in [-0.05, 0) is 42.8 Å². The summed E-state index contributed by atoms with van der Waals surface area (Å²) in [6.07, 6.45) is 0. The molecule has 0 heterocycles. The van der Waals surface area contributed by atoms with Crippen molar-refractivity contribution in [2.45, 2.75) is 6.92 Å². The normalized spacial score (nSPS) is 10.3. The van der Waals surface area contributed by atoms with Gasteiger partial charge in [0.05, 0.1) is 6.54 Å². The first-order valence-corrected chi connectivity index (χ1v) is 6.20. The third kappa shape index (κ3) is 3.98. The predicted octanol–water partition coefficient (Wildman–Crippen LogP) is 3.46. The fourth-order valence-electron chi connectivity index (χ4n) is 1.78. The fraction of sp³-hybridized carbons (Fsp3) is 0.133. The van der Waals surface area contributed by atoms with E-state index in [0.29, 0.717) is 11.3 Å². The van der Waals surface area contributed by atoms with Gasteiger partial charge in [-0.25, -0.2) is 13.2 Å². The second kappa shape index (κ2) is 6.30. The van der Waals surface area contributed by atoms with Crippen molar-refractivity contribution in [3.8, 4) is 0 Å². The molecule has 2 rings (SSSR count). The second-order valence-corrected chi connectivity index (χ2v) is 4.49. The van der Waals surface area contributed by atoms with Crippen LogP contribution in [0.2, 0.25) is 0 Å². The molecule has 0 saturated carbocycles. The van der Waals surface area contributed by atoms with E-state index in [-0.39, 0.29) is 18.0 Å². The van der Waals surface area contributed by atoms with Crippen LogP contribution in [0, 0.1) is 24.4 Å². The minimum atomic E-state index is -1.03. The summed E-state index contributed by atoms with van der Waals surface area (Å²) in [6, 6.07) is 7.24. The molecule has 1 amide bonds. The van der Waals surface area contributed by atoms with Crippen LogP contribution in [0.5, 0.6) is 0 Å². The molecule has 0 fully saturated rings. The maximum atomic E-state index is 13.0. The van der Waals surface area contributed by atoms with Crippen molar-refractivity contribution < 1.29 is 18.0 Å². The Morgan fingerprint density at radius 2 is 1.81 bits per heavy atom. The molecule has 0 unspecified atom stereocenters. The van der Waals surface area contributed by atoms with Gasteiger partial charge >= 0.3 is 0 Å². The van der Waals surface area contributed by atoms with Crippen LogP contribution in [0.3, 0.4) is 0 Å². The number of carbonyl (C=O) groups excluding carboxylic acids is 1. The van der Waals surface area contributed by atoms with Crippen LogP contribution < -0.4 is 10.6 Å². The van der Waals surface area contributed by atoms with Gasteiger partial charge in [-0.1, -0.05) is 0 Å². The molecule has 6 heteroatoms. The Morgan fingerprint density at radius 3 is 2.48 bits per heavy atom. The summed E-state index contributed by atoms with van der Waals surface area (Å²) >= 11 is 0. The minimum absolute atomic E-state index is 0.0779. The SMILES string of the molecule is Cc1cc(F)ccc1NCC(=O)Nc1ccc(F)c(F)c1. The number of amides is 1. The van der Waals surface area contributed by atoms with Gasteiger partial charge in [0, 0.05) is 17.4 Å². The topological polar surface area (TPSA) is 41.1 Å². The van der Waals surface area contributed by atoms with Crippen molar-refractivity contribution in [2.75, 3.05) is 17.2 Å². The van der Waals surface area contributed by atoms with E-state index in [1.54, 1.807) is 6.92 Å². The molecule has 0 aliphatic heterocycles. The summed E-state index contributed by atoms with van der Waals surface area (Å²) in [5.74, 6) is -2.79. The zero-order valence-corrected chi connectivity index (χ0v) is 11.2. The van der Waals surface area contributed by atoms with E-state index < -0.39 is 17.5 Å². The molecule has 0 saturated heterocycles. The lowest BCUT2D eigenvalue weighted by Crippen LogP contribution is -2.22. The maximum Gasteiger partial charge on any atom is 0.243 e. The lowest BCUT2D eigenvalue weighted by molar-refractivity contribution is -0.114. The van der Waals surface area contributed by atoms with Gasteiger partial charge in [0.2, 0.25) is 5.91 Å². The second-order valence-electron chi connectivity index (χ2n) is 4.49. The summed E-state index contributed by atoms with van der Waals surface area (Å²) in [5, 5.41) is 5.27. The number of anilines is 2. The van der Waals surface area contributed by atoms with Crippen molar-refractivity contribution in [2.24, 2.45) is 0 Å².